The van der Waals surface area contributed by atoms with Crippen molar-refractivity contribution < 1.29 is 18.0 Å². The Morgan fingerprint density at radius 1 is 1.10 bits per heavy atom. The van der Waals surface area contributed by atoms with Crippen LogP contribution in [0.25, 0.3) is 0 Å². The van der Waals surface area contributed by atoms with Crippen LogP contribution >= 0.6 is 22.9 Å². The number of amides is 2. The Kier molecular flexibility index (Phi) is 4.20. The molecule has 1 aromatic carbocycles. The smallest absolute Gasteiger partial charge is 0.308 e. The van der Waals surface area contributed by atoms with Crippen molar-refractivity contribution >= 4 is 39.7 Å². The van der Waals surface area contributed by atoms with Crippen molar-refractivity contribution in [3.05, 3.63) is 46.3 Å². The number of carbonyl (C=O) groups excluding carboxylic acids is 1. The van der Waals surface area contributed by atoms with Gasteiger partial charge in [-0.25, -0.2) is 4.79 Å². The summed E-state index contributed by atoms with van der Waals surface area (Å²) in [5.41, 5.74) is -0.520. The van der Waals surface area contributed by atoms with Crippen LogP contribution < -0.4 is 10.6 Å². The van der Waals surface area contributed by atoms with Crippen molar-refractivity contribution in [2.24, 2.45) is 0 Å². The maximum atomic E-state index is 12.4. The molecule has 0 aliphatic heterocycles. The predicted molar refractivity (Wildman–Crippen MR) is 73.4 cm³/mol. The molecule has 2 aromatic rings. The van der Waals surface area contributed by atoms with E-state index < -0.39 is 17.8 Å². The first-order valence-corrected chi connectivity index (χ1v) is 6.60. The number of nitrogens with one attached hydrogen (secondary N) is 2. The molecule has 0 spiro atoms. The van der Waals surface area contributed by atoms with Crippen LogP contribution in [0.2, 0.25) is 5.02 Å². The van der Waals surface area contributed by atoms with Gasteiger partial charge in [0.2, 0.25) is 0 Å². The van der Waals surface area contributed by atoms with Gasteiger partial charge in [0.25, 0.3) is 0 Å². The van der Waals surface area contributed by atoms with Gasteiger partial charge < -0.3 is 5.32 Å². The molecule has 8 heteroatoms. The number of alkyl halides is 3. The first kappa shape index (κ1) is 14.7. The van der Waals surface area contributed by atoms with Crippen molar-refractivity contribution in [1.82, 2.24) is 0 Å². The van der Waals surface area contributed by atoms with Crippen LogP contribution in [0.1, 0.15) is 5.56 Å². The fourth-order valence-corrected chi connectivity index (χ4v) is 2.38. The largest absolute Gasteiger partial charge is 0.416 e. The summed E-state index contributed by atoms with van der Waals surface area (Å²) in [6, 6.07) is 5.20. The molecule has 0 aliphatic carbocycles. The van der Waals surface area contributed by atoms with Gasteiger partial charge in [-0.1, -0.05) is 11.6 Å². The lowest BCUT2D eigenvalue weighted by molar-refractivity contribution is -0.137. The van der Waals surface area contributed by atoms with Crippen LogP contribution in [-0.4, -0.2) is 6.03 Å². The molecule has 0 saturated heterocycles. The van der Waals surface area contributed by atoms with E-state index >= 15 is 0 Å². The number of urea groups is 1. The van der Waals surface area contributed by atoms with Crippen molar-refractivity contribution in [1.29, 1.82) is 0 Å². The third kappa shape index (κ3) is 3.64. The summed E-state index contributed by atoms with van der Waals surface area (Å²) in [6.45, 7) is 0. The molecule has 20 heavy (non-hydrogen) atoms. The van der Waals surface area contributed by atoms with E-state index in [4.69, 9.17) is 11.6 Å². The van der Waals surface area contributed by atoms with Gasteiger partial charge in [0, 0.05) is 5.69 Å². The Bertz CT molecular complexity index is 610. The van der Waals surface area contributed by atoms with E-state index in [1.807, 2.05) is 0 Å². The minimum absolute atomic E-state index is 0.253. The molecule has 2 N–H and O–H groups in total. The Labute approximate surface area is 121 Å². The molecule has 106 valence electrons. The third-order valence-corrected chi connectivity index (χ3v) is 3.57. The zero-order valence-corrected chi connectivity index (χ0v) is 11.4. The highest BCUT2D eigenvalue weighted by atomic mass is 35.5. The van der Waals surface area contributed by atoms with E-state index in [2.05, 4.69) is 10.6 Å². The maximum absolute atomic E-state index is 12.4. The molecule has 3 nitrogen and oxygen atoms in total. The monoisotopic (exact) mass is 320 g/mol. The fourth-order valence-electron chi connectivity index (χ4n) is 1.39. The van der Waals surface area contributed by atoms with Crippen molar-refractivity contribution in [2.75, 3.05) is 10.6 Å². The van der Waals surface area contributed by atoms with Crippen molar-refractivity contribution in [2.45, 2.75) is 6.18 Å². The Hall–Kier alpha value is -1.73. The minimum Gasteiger partial charge on any atom is -0.308 e. The van der Waals surface area contributed by atoms with E-state index in [1.165, 1.54) is 23.5 Å². The molecular weight excluding hydrogens is 313 g/mol. The standard InChI is InChI=1S/C12H8ClF3N2OS/c13-9-5-6-20-10(9)18-11(19)17-8-3-1-7(2-4-8)12(14,15)16/h1-6H,(H2,17,18,19). The molecule has 0 unspecified atom stereocenters. The second kappa shape index (κ2) is 5.72. The summed E-state index contributed by atoms with van der Waals surface area (Å²) in [5.74, 6) is 0. The number of halogens is 4. The lowest BCUT2D eigenvalue weighted by Crippen LogP contribution is -2.19. The summed E-state index contributed by atoms with van der Waals surface area (Å²) >= 11 is 7.04. The van der Waals surface area contributed by atoms with Gasteiger partial charge in [0.05, 0.1) is 10.6 Å². The van der Waals surface area contributed by atoms with E-state index in [1.54, 1.807) is 11.4 Å². The lowest BCUT2D eigenvalue weighted by Gasteiger charge is -2.09. The number of carbonyl (C=O) groups is 1. The maximum Gasteiger partial charge on any atom is 0.416 e. The van der Waals surface area contributed by atoms with Gasteiger partial charge in [-0.15, -0.1) is 11.3 Å². The van der Waals surface area contributed by atoms with Crippen LogP contribution in [0, 0.1) is 0 Å². The molecule has 0 atom stereocenters. The van der Waals surface area contributed by atoms with Crippen LogP contribution in [-0.2, 0) is 6.18 Å². The number of hydrogen-bond donors (Lipinski definition) is 2. The molecule has 0 radical (unpaired) electrons. The summed E-state index contributed by atoms with van der Waals surface area (Å²) in [5, 5.41) is 7.49. The zero-order valence-electron chi connectivity index (χ0n) is 9.79. The second-order valence-corrected chi connectivity index (χ2v) is 5.08. The number of rotatable bonds is 2. The number of anilines is 2. The highest BCUT2D eigenvalue weighted by Gasteiger charge is 2.29. The predicted octanol–water partition coefficient (Wildman–Crippen LogP) is 5.06. The first-order chi connectivity index (χ1) is 9.36. The van der Waals surface area contributed by atoms with Gasteiger partial charge in [-0.05, 0) is 35.7 Å². The SMILES string of the molecule is O=C(Nc1ccc(C(F)(F)F)cc1)Nc1sccc1Cl. The van der Waals surface area contributed by atoms with Gasteiger partial charge >= 0.3 is 12.2 Å². The summed E-state index contributed by atoms with van der Waals surface area (Å²) in [4.78, 5) is 11.6. The Morgan fingerprint density at radius 2 is 1.75 bits per heavy atom. The van der Waals surface area contributed by atoms with Crippen molar-refractivity contribution in [3.8, 4) is 0 Å². The van der Waals surface area contributed by atoms with Gasteiger partial charge in [-0.3, -0.25) is 5.32 Å². The molecule has 0 saturated carbocycles. The lowest BCUT2D eigenvalue weighted by atomic mass is 10.2. The molecule has 1 heterocycles. The Balaban J connectivity index is 2.00. The average Bonchev–Trinajstić information content (AvgIpc) is 2.74. The normalized spacial score (nSPS) is 11.2. The highest BCUT2D eigenvalue weighted by molar-refractivity contribution is 7.15. The Morgan fingerprint density at radius 3 is 2.25 bits per heavy atom. The number of hydrogen-bond acceptors (Lipinski definition) is 2. The third-order valence-electron chi connectivity index (χ3n) is 2.31. The van der Waals surface area contributed by atoms with E-state index in [0.717, 1.165) is 12.1 Å². The molecule has 2 rings (SSSR count). The van der Waals surface area contributed by atoms with Gasteiger partial charge in [0.15, 0.2) is 0 Å². The molecule has 2 amide bonds. The second-order valence-electron chi connectivity index (χ2n) is 3.75. The molecule has 0 aliphatic rings. The summed E-state index contributed by atoms with van der Waals surface area (Å²) < 4.78 is 37.1. The van der Waals surface area contributed by atoms with Gasteiger partial charge in [0.1, 0.15) is 5.00 Å². The van der Waals surface area contributed by atoms with Crippen LogP contribution in [0.4, 0.5) is 28.7 Å². The van der Waals surface area contributed by atoms with E-state index in [0.29, 0.717) is 10.0 Å². The van der Waals surface area contributed by atoms with E-state index in [9.17, 15) is 18.0 Å². The quantitative estimate of drug-likeness (QED) is 0.797. The van der Waals surface area contributed by atoms with Crippen LogP contribution in [0.15, 0.2) is 35.7 Å². The van der Waals surface area contributed by atoms with Gasteiger partial charge in [-0.2, -0.15) is 13.2 Å². The molecule has 0 fully saturated rings. The first-order valence-electron chi connectivity index (χ1n) is 5.34. The number of thiophene rings is 1. The zero-order chi connectivity index (χ0) is 14.8. The average molecular weight is 321 g/mol. The summed E-state index contributed by atoms with van der Waals surface area (Å²) in [6.07, 6.45) is -4.40. The van der Waals surface area contributed by atoms with Crippen molar-refractivity contribution in [3.63, 3.8) is 0 Å². The molecule has 0 bridgehead atoms. The molecule has 1 aromatic heterocycles. The fraction of sp³-hybridized carbons (Fsp3) is 0.0833. The van der Waals surface area contributed by atoms with E-state index in [-0.39, 0.29) is 5.69 Å². The van der Waals surface area contributed by atoms with Crippen LogP contribution in [0.3, 0.4) is 0 Å². The highest BCUT2D eigenvalue weighted by Crippen LogP contribution is 2.30. The topological polar surface area (TPSA) is 41.1 Å². The van der Waals surface area contributed by atoms with Crippen LogP contribution in [0.5, 0.6) is 0 Å². The summed E-state index contributed by atoms with van der Waals surface area (Å²) in [7, 11) is 0. The molecular formula is C12H8ClF3N2OS. The number of benzene rings is 1. The minimum atomic E-state index is -4.40.